The Morgan fingerprint density at radius 2 is 1.58 bits per heavy atom. The maximum Gasteiger partial charge on any atom is 0.0540 e. The molecule has 1 aromatic rings. The van der Waals surface area contributed by atoms with Gasteiger partial charge in [0.15, 0.2) is 0 Å². The fourth-order valence-electron chi connectivity index (χ4n) is 2.03. The lowest BCUT2D eigenvalue weighted by atomic mass is 9.98. The Morgan fingerprint density at radius 3 is 1.89 bits per heavy atom. The summed E-state index contributed by atoms with van der Waals surface area (Å²) in [6, 6.07) is 8.82. The van der Waals surface area contributed by atoms with E-state index in [1.165, 1.54) is 30.4 Å². The summed E-state index contributed by atoms with van der Waals surface area (Å²) in [6.07, 6.45) is 5.83. The summed E-state index contributed by atoms with van der Waals surface area (Å²) < 4.78 is 0. The van der Waals surface area contributed by atoms with Crippen molar-refractivity contribution in [3.8, 4) is 0 Å². The van der Waals surface area contributed by atoms with Gasteiger partial charge in [-0.1, -0.05) is 70.4 Å². The van der Waals surface area contributed by atoms with Gasteiger partial charge in [0.05, 0.1) is 6.10 Å². The molecule has 1 N–H and O–H groups in total. The van der Waals surface area contributed by atoms with Crippen molar-refractivity contribution in [3.63, 3.8) is 0 Å². The molecule has 2 rings (SSSR count). The van der Waals surface area contributed by atoms with Gasteiger partial charge in [-0.2, -0.15) is 0 Å². The van der Waals surface area contributed by atoms with Crippen molar-refractivity contribution in [3.05, 3.63) is 35.4 Å². The molecule has 0 spiro atoms. The highest BCUT2D eigenvalue weighted by atomic mass is 16.3. The van der Waals surface area contributed by atoms with Crippen LogP contribution in [0.1, 0.15) is 76.8 Å². The van der Waals surface area contributed by atoms with Crippen molar-refractivity contribution >= 4 is 0 Å². The molecule has 1 aliphatic rings. The lowest BCUT2D eigenvalue weighted by molar-refractivity contribution is 0.183. The Kier molecular flexibility index (Phi) is 10.6. The van der Waals surface area contributed by atoms with E-state index in [9.17, 15) is 0 Å². The number of hydrogen-bond donors (Lipinski definition) is 1. The summed E-state index contributed by atoms with van der Waals surface area (Å²) >= 11 is 0. The fourth-order valence-corrected chi connectivity index (χ4v) is 2.03. The Labute approximate surface area is 120 Å². The number of aliphatic hydroxyl groups is 1. The zero-order chi connectivity index (χ0) is 14.7. The average Bonchev–Trinajstić information content (AvgIpc) is 2.93. The zero-order valence-electron chi connectivity index (χ0n) is 13.4. The SMILES string of the molecule is CC.CCC(C)c1ccc(C)cc1.OC1CCCC1. The summed E-state index contributed by atoms with van der Waals surface area (Å²) in [6.45, 7) is 10.6. The second-order valence-corrected chi connectivity index (χ2v) is 5.16. The van der Waals surface area contributed by atoms with Gasteiger partial charge in [-0.3, -0.25) is 0 Å². The Balaban J connectivity index is 0.000000341. The standard InChI is InChI=1S/C11H16.C5H10O.C2H6/c1-4-10(3)11-7-5-9(2)6-8-11;6-5-3-1-2-4-5;1-2/h5-8,10H,4H2,1-3H3;5-6H,1-4H2;1-2H3. The molecule has 1 atom stereocenters. The van der Waals surface area contributed by atoms with Crippen LogP contribution in [-0.4, -0.2) is 11.2 Å². The van der Waals surface area contributed by atoms with Gasteiger partial charge in [-0.15, -0.1) is 0 Å². The highest BCUT2D eigenvalue weighted by molar-refractivity contribution is 5.23. The number of rotatable bonds is 2. The van der Waals surface area contributed by atoms with E-state index in [1.54, 1.807) is 0 Å². The Morgan fingerprint density at radius 1 is 1.11 bits per heavy atom. The van der Waals surface area contributed by atoms with Gasteiger partial charge in [-0.05, 0) is 37.7 Å². The topological polar surface area (TPSA) is 20.2 Å². The normalized spacial score (nSPS) is 15.9. The summed E-state index contributed by atoms with van der Waals surface area (Å²) in [5.41, 5.74) is 2.80. The van der Waals surface area contributed by atoms with Gasteiger partial charge in [0.25, 0.3) is 0 Å². The fraction of sp³-hybridized carbons (Fsp3) is 0.667. The van der Waals surface area contributed by atoms with Crippen molar-refractivity contribution in [2.75, 3.05) is 0 Å². The molecule has 0 heterocycles. The van der Waals surface area contributed by atoms with Crippen LogP contribution < -0.4 is 0 Å². The van der Waals surface area contributed by atoms with Crippen molar-refractivity contribution in [2.24, 2.45) is 0 Å². The molecular formula is C18H32O. The minimum atomic E-state index is 0.0463. The van der Waals surface area contributed by atoms with Gasteiger partial charge >= 0.3 is 0 Å². The maximum absolute atomic E-state index is 8.73. The van der Waals surface area contributed by atoms with Crippen LogP contribution in [0.5, 0.6) is 0 Å². The van der Waals surface area contributed by atoms with Crippen LogP contribution >= 0.6 is 0 Å². The maximum atomic E-state index is 8.73. The molecule has 1 heteroatoms. The van der Waals surface area contributed by atoms with Crippen LogP contribution in [0.25, 0.3) is 0 Å². The second-order valence-electron chi connectivity index (χ2n) is 5.16. The molecule has 0 aromatic heterocycles. The molecule has 0 aliphatic heterocycles. The van der Waals surface area contributed by atoms with E-state index >= 15 is 0 Å². The highest BCUT2D eigenvalue weighted by Gasteiger charge is 2.09. The first-order valence-corrected chi connectivity index (χ1v) is 7.88. The molecule has 19 heavy (non-hydrogen) atoms. The smallest absolute Gasteiger partial charge is 0.0540 e. The van der Waals surface area contributed by atoms with Gasteiger partial charge in [0, 0.05) is 0 Å². The first-order chi connectivity index (χ1) is 9.13. The van der Waals surface area contributed by atoms with Crippen LogP contribution in [0.4, 0.5) is 0 Å². The third-order valence-electron chi connectivity index (χ3n) is 3.58. The summed E-state index contributed by atoms with van der Waals surface area (Å²) in [5.74, 6) is 0.704. The van der Waals surface area contributed by atoms with E-state index < -0.39 is 0 Å². The Hall–Kier alpha value is -0.820. The van der Waals surface area contributed by atoms with E-state index in [4.69, 9.17) is 5.11 Å². The van der Waals surface area contributed by atoms with Crippen LogP contribution in [0.3, 0.4) is 0 Å². The van der Waals surface area contributed by atoms with E-state index in [-0.39, 0.29) is 6.10 Å². The molecule has 1 unspecified atom stereocenters. The van der Waals surface area contributed by atoms with Gasteiger partial charge < -0.3 is 5.11 Å². The van der Waals surface area contributed by atoms with Gasteiger partial charge in [-0.25, -0.2) is 0 Å². The number of benzene rings is 1. The largest absolute Gasteiger partial charge is 0.393 e. The molecule has 0 saturated heterocycles. The van der Waals surface area contributed by atoms with E-state index in [2.05, 4.69) is 45.0 Å². The zero-order valence-corrected chi connectivity index (χ0v) is 13.4. The quantitative estimate of drug-likeness (QED) is 0.752. The molecule has 1 saturated carbocycles. The first kappa shape index (κ1) is 18.2. The van der Waals surface area contributed by atoms with Gasteiger partial charge in [0.1, 0.15) is 0 Å². The van der Waals surface area contributed by atoms with Crippen LogP contribution in [0.2, 0.25) is 0 Å². The van der Waals surface area contributed by atoms with E-state index in [0.717, 1.165) is 12.8 Å². The van der Waals surface area contributed by atoms with Crippen molar-refractivity contribution in [1.82, 2.24) is 0 Å². The predicted molar refractivity (Wildman–Crippen MR) is 85.7 cm³/mol. The molecule has 110 valence electrons. The molecule has 0 amide bonds. The van der Waals surface area contributed by atoms with Gasteiger partial charge in [0.2, 0.25) is 0 Å². The summed E-state index contributed by atoms with van der Waals surface area (Å²) in [5, 5.41) is 8.73. The first-order valence-electron chi connectivity index (χ1n) is 7.88. The molecule has 0 radical (unpaired) electrons. The van der Waals surface area contributed by atoms with Crippen molar-refractivity contribution < 1.29 is 5.11 Å². The third-order valence-corrected chi connectivity index (χ3v) is 3.58. The second kappa shape index (κ2) is 11.0. The lowest BCUT2D eigenvalue weighted by Gasteiger charge is -2.07. The Bertz CT molecular complexity index is 296. The minimum absolute atomic E-state index is 0.0463. The number of aryl methyl sites for hydroxylation is 1. The van der Waals surface area contributed by atoms with Crippen molar-refractivity contribution in [1.29, 1.82) is 0 Å². The molecule has 1 aromatic carbocycles. The van der Waals surface area contributed by atoms with E-state index in [0.29, 0.717) is 5.92 Å². The lowest BCUT2D eigenvalue weighted by Crippen LogP contribution is -1.94. The minimum Gasteiger partial charge on any atom is -0.393 e. The predicted octanol–water partition coefficient (Wildman–Crippen LogP) is 5.46. The summed E-state index contributed by atoms with van der Waals surface area (Å²) in [7, 11) is 0. The molecule has 1 aliphatic carbocycles. The van der Waals surface area contributed by atoms with Crippen LogP contribution in [0.15, 0.2) is 24.3 Å². The molecule has 0 bridgehead atoms. The average molecular weight is 264 g/mol. The monoisotopic (exact) mass is 264 g/mol. The summed E-state index contributed by atoms with van der Waals surface area (Å²) in [4.78, 5) is 0. The number of aliphatic hydroxyl groups excluding tert-OH is 1. The number of hydrogen-bond acceptors (Lipinski definition) is 1. The van der Waals surface area contributed by atoms with Crippen LogP contribution in [-0.2, 0) is 0 Å². The molecular weight excluding hydrogens is 232 g/mol. The molecule has 1 nitrogen and oxygen atoms in total. The van der Waals surface area contributed by atoms with Crippen LogP contribution in [0, 0.1) is 6.92 Å². The van der Waals surface area contributed by atoms with Crippen molar-refractivity contribution in [2.45, 2.75) is 78.7 Å². The third kappa shape index (κ3) is 8.05. The van der Waals surface area contributed by atoms with E-state index in [1.807, 2.05) is 13.8 Å². The molecule has 1 fully saturated rings. The highest BCUT2D eigenvalue weighted by Crippen LogP contribution is 2.18.